The van der Waals surface area contributed by atoms with Gasteiger partial charge < -0.3 is 4.98 Å². The first-order chi connectivity index (χ1) is 26.0. The highest BCUT2D eigenvalue weighted by molar-refractivity contribution is 9.10. The molecule has 7 aromatic rings. The zero-order chi connectivity index (χ0) is 39.3. The largest absolute Gasteiger partial charge is 0.324 e. The van der Waals surface area contributed by atoms with Gasteiger partial charge in [0.2, 0.25) is 0 Å². The number of benzene rings is 4. The zero-order valence-electron chi connectivity index (χ0n) is 25.5. The van der Waals surface area contributed by atoms with Crippen LogP contribution in [0.1, 0.15) is 0 Å². The van der Waals surface area contributed by atoms with E-state index in [1.54, 1.807) is 12.1 Å². The Bertz CT molecular complexity index is 3180. The van der Waals surface area contributed by atoms with Crippen LogP contribution in [-0.2, 0) is 0 Å². The maximum Gasteiger partial charge on any atom is 0.166 e. The smallest absolute Gasteiger partial charge is 0.166 e. The van der Waals surface area contributed by atoms with E-state index in [0.717, 1.165) is 4.09 Å². The Morgan fingerprint density at radius 3 is 1.27 bits per heavy atom. The molecule has 0 fully saturated rings. The molecule has 276 valence electrons. The molecular weight excluding hydrogens is 1070 g/mol. The number of hydrogen-bond donors (Lipinski definition) is 1. The van der Waals surface area contributed by atoms with Gasteiger partial charge in [-0.25, -0.2) is 34.0 Å². The molecule has 8 nitrogen and oxygen atoms in total. The monoisotopic (exact) mass is 1070 g/mol. The molecule has 0 unspecified atom stereocenters. The van der Waals surface area contributed by atoms with Crippen molar-refractivity contribution in [2.45, 2.75) is 0 Å². The van der Waals surface area contributed by atoms with Gasteiger partial charge in [0.25, 0.3) is 0 Å². The summed E-state index contributed by atoms with van der Waals surface area (Å²) in [6.07, 6.45) is 0. The molecule has 0 atom stereocenters. The second-order valence-corrected chi connectivity index (χ2v) is 17.6. The van der Waals surface area contributed by atoms with Gasteiger partial charge in [-0.1, -0.05) is 151 Å². The van der Waals surface area contributed by atoms with Crippen molar-refractivity contribution in [3.05, 3.63) is 81.9 Å². The molecule has 0 saturated heterocycles. The van der Waals surface area contributed by atoms with Crippen molar-refractivity contribution >= 4 is 223 Å². The van der Waals surface area contributed by atoms with Gasteiger partial charge in [0, 0.05) is 21.8 Å². The molecule has 1 N–H and O–H groups in total. The van der Waals surface area contributed by atoms with Crippen LogP contribution in [0.2, 0.25) is 65.3 Å². The molecule has 8 bridgehead atoms. The lowest BCUT2D eigenvalue weighted by molar-refractivity contribution is 1.17. The summed E-state index contributed by atoms with van der Waals surface area (Å²) in [6, 6.07) is 3.46. The van der Waals surface area contributed by atoms with Crippen LogP contribution in [-0.4, -0.2) is 39.0 Å². The summed E-state index contributed by atoms with van der Waals surface area (Å²) < 4.78 is 1.60. The number of nitrogens with zero attached hydrogens (tertiary/aromatic N) is 7. The van der Waals surface area contributed by atoms with E-state index in [1.807, 2.05) is 0 Å². The van der Waals surface area contributed by atoms with E-state index in [1.165, 1.54) is 0 Å². The quantitative estimate of drug-likeness (QED) is 0.120. The highest BCUT2D eigenvalue weighted by Gasteiger charge is 2.33. The van der Waals surface area contributed by atoms with Gasteiger partial charge in [-0.3, -0.25) is 0 Å². The van der Waals surface area contributed by atoms with Crippen LogP contribution < -0.4 is 0 Å². The lowest BCUT2D eigenvalue weighted by atomic mass is 10.1. The number of hydrogen-bond acceptors (Lipinski definition) is 6. The minimum atomic E-state index is -0.0884. The molecule has 9 rings (SSSR count). The van der Waals surface area contributed by atoms with Crippen LogP contribution in [0.4, 0.5) is 0 Å². The topological polar surface area (TPSA) is 98.1 Å². The average molecular weight is 1080 g/mol. The molecule has 0 amide bonds. The number of H-pyrrole nitrogens is 1. The van der Waals surface area contributed by atoms with Crippen LogP contribution >= 0.6 is 179 Å². The second-order valence-electron chi connectivity index (χ2n) is 11.5. The lowest BCUT2D eigenvalue weighted by Crippen LogP contribution is -1.90. The molecule has 5 heterocycles. The summed E-state index contributed by atoms with van der Waals surface area (Å²) in [7, 11) is 0. The minimum Gasteiger partial charge on any atom is -0.324 e. The van der Waals surface area contributed by atoms with E-state index < -0.39 is 0 Å². The van der Waals surface area contributed by atoms with Gasteiger partial charge in [0.05, 0.1) is 104 Å². The molecule has 0 saturated carbocycles. The van der Waals surface area contributed by atoms with Crippen LogP contribution in [0.25, 0.3) is 89.7 Å². The Balaban J connectivity index is 1.62. The maximum atomic E-state index is 7.11. The van der Waals surface area contributed by atoms with Crippen molar-refractivity contribution in [1.82, 2.24) is 39.0 Å². The SMILES string of the molecule is Clc1c(Cl)c(Cl)c2c(c1Cl)-c1nc-2nc2c3c(Cl)c(Cl)c(Cl)c(Cl)c3c(nc3nc(nc4[nH]c(n1)c1c(Cl)c(Cl)c(Cl)c(Cl)c41)-c1ccc(Br)c(Cl)c1-3)n2Cl. The summed E-state index contributed by atoms with van der Waals surface area (Å²) in [6.45, 7) is 0. The summed E-state index contributed by atoms with van der Waals surface area (Å²) in [5, 5.41) is 0.364. The highest BCUT2D eigenvalue weighted by Crippen LogP contribution is 2.53. The van der Waals surface area contributed by atoms with Crippen molar-refractivity contribution < 1.29 is 0 Å². The summed E-state index contributed by atoms with van der Waals surface area (Å²) in [5.41, 5.74) is 1.22. The fourth-order valence-corrected chi connectivity index (χ4v) is 10.1. The van der Waals surface area contributed by atoms with Crippen LogP contribution in [0.5, 0.6) is 0 Å². The Morgan fingerprint density at radius 2 is 0.782 bits per heavy atom. The molecule has 2 aliphatic rings. The van der Waals surface area contributed by atoms with E-state index in [-0.39, 0.29) is 144 Å². The zero-order valence-corrected chi connectivity index (χ0v) is 37.6. The number of aromatic nitrogens is 8. The summed E-state index contributed by atoms with van der Waals surface area (Å²) in [4.78, 5) is 32.1. The molecule has 23 heteroatoms. The molecule has 0 aliphatic carbocycles. The minimum absolute atomic E-state index is 0.00452. The first-order valence-electron chi connectivity index (χ1n) is 14.6. The Kier molecular flexibility index (Phi) is 9.94. The van der Waals surface area contributed by atoms with Crippen molar-refractivity contribution in [3.63, 3.8) is 0 Å². The van der Waals surface area contributed by atoms with Gasteiger partial charge >= 0.3 is 0 Å². The third-order valence-corrected chi connectivity index (χ3v) is 15.6. The van der Waals surface area contributed by atoms with E-state index in [4.69, 9.17) is 192 Å². The van der Waals surface area contributed by atoms with Gasteiger partial charge in [-0.05, 0) is 28.1 Å². The summed E-state index contributed by atoms with van der Waals surface area (Å²) in [5.74, 6) is 0.0436. The fraction of sp³-hybridized carbons (Fsp3) is 0. The van der Waals surface area contributed by atoms with Gasteiger partial charge in [0.15, 0.2) is 34.6 Å². The third kappa shape index (κ3) is 5.61. The Morgan fingerprint density at radius 1 is 0.400 bits per heavy atom. The number of fused-ring (bicyclic) bond motifs is 20. The number of nitrogens with one attached hydrogen (secondary N) is 1. The second kappa shape index (κ2) is 13.9. The van der Waals surface area contributed by atoms with Crippen molar-refractivity contribution in [3.8, 4) is 45.6 Å². The first kappa shape index (κ1) is 39.3. The standard InChI is InChI=1S/C32H3BrCl14N8/c33-4-2-1-3-5(12(4)34)26-48-25(3)49-27-6-7(14(36)20(42)19(41)13(6)35)28(50-27)51-29-8-9(16(38)22(44)21(43)15(8)37)30(52-29)54-32-11-10(31(53-26)55(32)47)17(39)23(45)24(46)18(11)40/h1-2H,(H,48,49,50,51,52,53,54). The first-order valence-corrected chi connectivity index (χ1v) is 20.7. The van der Waals surface area contributed by atoms with E-state index in [9.17, 15) is 0 Å². The van der Waals surface area contributed by atoms with Gasteiger partial charge in [-0.2, -0.15) is 0 Å². The molecule has 4 aromatic carbocycles. The average Bonchev–Trinajstić information content (AvgIpc) is 3.88. The van der Waals surface area contributed by atoms with E-state index >= 15 is 0 Å². The third-order valence-electron chi connectivity index (χ3n) is 8.62. The molecule has 0 radical (unpaired) electrons. The Hall–Kier alpha value is -1.22. The van der Waals surface area contributed by atoms with E-state index in [2.05, 4.69) is 20.9 Å². The molecule has 0 spiro atoms. The number of aromatic amines is 1. The Labute approximate surface area is 385 Å². The lowest BCUT2D eigenvalue weighted by Gasteiger charge is -2.09. The molecule has 3 aromatic heterocycles. The van der Waals surface area contributed by atoms with Gasteiger partial charge in [-0.15, -0.1) is 0 Å². The van der Waals surface area contributed by atoms with Crippen LogP contribution in [0.15, 0.2) is 16.6 Å². The van der Waals surface area contributed by atoms with Crippen LogP contribution in [0, 0.1) is 0 Å². The van der Waals surface area contributed by atoms with Crippen molar-refractivity contribution in [1.29, 1.82) is 0 Å². The number of halogens is 15. The van der Waals surface area contributed by atoms with Gasteiger partial charge in [0.1, 0.15) is 11.3 Å². The van der Waals surface area contributed by atoms with E-state index in [0.29, 0.717) is 15.6 Å². The van der Waals surface area contributed by atoms with Crippen LogP contribution in [0.3, 0.4) is 0 Å². The molecule has 2 aliphatic heterocycles. The number of rotatable bonds is 0. The predicted octanol–water partition coefficient (Wildman–Crippen LogP) is 16.6. The van der Waals surface area contributed by atoms with Crippen molar-refractivity contribution in [2.75, 3.05) is 0 Å². The molecular formula is C32H3BrCl14N8. The predicted molar refractivity (Wildman–Crippen MR) is 234 cm³/mol. The maximum absolute atomic E-state index is 7.11. The summed E-state index contributed by atoms with van der Waals surface area (Å²) >= 11 is 98.0. The normalized spacial score (nSPS) is 12.3. The fourth-order valence-electron chi connectivity index (χ4n) is 6.21. The van der Waals surface area contributed by atoms with Crippen molar-refractivity contribution in [2.24, 2.45) is 0 Å². The molecule has 55 heavy (non-hydrogen) atoms. The highest BCUT2D eigenvalue weighted by atomic mass is 79.9.